The summed E-state index contributed by atoms with van der Waals surface area (Å²) in [7, 11) is 0. The minimum Gasteiger partial charge on any atom is -0.376 e. The molecule has 0 bridgehead atoms. The molecule has 3 heterocycles. The molecular weight excluding hydrogens is 340 g/mol. The van der Waals surface area contributed by atoms with Gasteiger partial charge in [-0.15, -0.1) is 0 Å². The van der Waals surface area contributed by atoms with E-state index in [9.17, 15) is 0 Å². The van der Waals surface area contributed by atoms with Crippen molar-refractivity contribution >= 4 is 12.0 Å². The molecular formula is C22H24N2O3. The third-order valence-electron chi connectivity index (χ3n) is 5.30. The predicted molar refractivity (Wildman–Crippen MR) is 103 cm³/mol. The van der Waals surface area contributed by atoms with Crippen molar-refractivity contribution in [1.29, 1.82) is 0 Å². The van der Waals surface area contributed by atoms with Crippen LogP contribution in [0.4, 0.5) is 0 Å². The van der Waals surface area contributed by atoms with Gasteiger partial charge in [0, 0.05) is 29.3 Å². The molecule has 27 heavy (non-hydrogen) atoms. The first-order chi connectivity index (χ1) is 13.3. The van der Waals surface area contributed by atoms with Crippen LogP contribution in [0, 0.1) is 17.8 Å². The van der Waals surface area contributed by atoms with Crippen molar-refractivity contribution in [3.05, 3.63) is 41.0 Å². The summed E-state index contributed by atoms with van der Waals surface area (Å²) in [6, 6.07) is 6.57. The highest BCUT2D eigenvalue weighted by Crippen LogP contribution is 2.32. The lowest BCUT2D eigenvalue weighted by atomic mass is 9.94. The fourth-order valence-electron chi connectivity index (χ4n) is 3.62. The maximum Gasteiger partial charge on any atom is 0.171 e. The largest absolute Gasteiger partial charge is 0.376 e. The molecule has 5 heteroatoms. The summed E-state index contributed by atoms with van der Waals surface area (Å²) < 4.78 is 17.0. The summed E-state index contributed by atoms with van der Waals surface area (Å²) in [4.78, 5) is 6.73. The molecule has 2 atom stereocenters. The lowest BCUT2D eigenvalue weighted by molar-refractivity contribution is -0.120. The molecule has 0 amide bonds. The van der Waals surface area contributed by atoms with Gasteiger partial charge < -0.3 is 19.1 Å². The van der Waals surface area contributed by atoms with Gasteiger partial charge in [0.25, 0.3) is 0 Å². The summed E-state index contributed by atoms with van der Waals surface area (Å²) in [5.74, 6) is 7.32. The van der Waals surface area contributed by atoms with E-state index in [0.717, 1.165) is 18.5 Å². The van der Waals surface area contributed by atoms with Crippen LogP contribution >= 0.6 is 0 Å². The zero-order valence-corrected chi connectivity index (χ0v) is 15.4. The van der Waals surface area contributed by atoms with E-state index in [1.54, 1.807) is 0 Å². The average molecular weight is 364 g/mol. The van der Waals surface area contributed by atoms with Gasteiger partial charge in [-0.25, -0.2) is 4.99 Å². The quantitative estimate of drug-likeness (QED) is 0.773. The van der Waals surface area contributed by atoms with Crippen molar-refractivity contribution in [2.24, 2.45) is 10.9 Å². The fourth-order valence-corrected chi connectivity index (χ4v) is 3.62. The topological polar surface area (TPSA) is 43.3 Å². The summed E-state index contributed by atoms with van der Waals surface area (Å²) in [5, 5.41) is 0. The molecule has 3 aliphatic heterocycles. The van der Waals surface area contributed by atoms with Crippen LogP contribution < -0.4 is 0 Å². The second kappa shape index (κ2) is 7.47. The molecule has 0 aromatic heterocycles. The Morgan fingerprint density at radius 2 is 2.22 bits per heavy atom. The highest BCUT2D eigenvalue weighted by atomic mass is 16.6. The number of rotatable bonds is 3. The van der Waals surface area contributed by atoms with Crippen molar-refractivity contribution in [2.45, 2.75) is 31.6 Å². The van der Waals surface area contributed by atoms with Gasteiger partial charge in [0.1, 0.15) is 6.10 Å². The Kier molecular flexibility index (Phi) is 4.71. The van der Waals surface area contributed by atoms with Gasteiger partial charge in [0.2, 0.25) is 0 Å². The zero-order chi connectivity index (χ0) is 18.1. The standard InChI is InChI=1S/C22H24N2O3/c1-2-16(1)3-4-17-5-6-20-18(11-17)7-8-24-15-23-22(12-21(20)24)27-14-19-13-25-9-10-26-19/h5-6,11-12,15-16,19,22H,1-2,7-10,13-14H2/t19-,22?/m1/s1. The highest BCUT2D eigenvalue weighted by Gasteiger charge is 2.25. The maximum absolute atomic E-state index is 5.95. The number of aliphatic imine (C=N–C) groups is 1. The molecule has 5 nitrogen and oxygen atoms in total. The molecule has 4 aliphatic rings. The fraction of sp³-hybridized carbons (Fsp3) is 0.500. The number of fused-ring (bicyclic) bond motifs is 3. The molecule has 1 aromatic rings. The van der Waals surface area contributed by atoms with E-state index in [2.05, 4.69) is 46.0 Å². The first-order valence-corrected chi connectivity index (χ1v) is 9.83. The summed E-state index contributed by atoms with van der Waals surface area (Å²) in [6.45, 7) is 3.33. The third-order valence-corrected chi connectivity index (χ3v) is 5.30. The van der Waals surface area contributed by atoms with Crippen molar-refractivity contribution in [1.82, 2.24) is 4.90 Å². The van der Waals surface area contributed by atoms with Crippen LogP contribution in [0.5, 0.6) is 0 Å². The Morgan fingerprint density at radius 1 is 1.26 bits per heavy atom. The van der Waals surface area contributed by atoms with Crippen LogP contribution in [0.1, 0.15) is 29.5 Å². The SMILES string of the molecule is C(#CC1CC1)c1ccc2c(c1)CCN1C=NC(OC[C@H]3COCCO3)C=C21. The van der Waals surface area contributed by atoms with Crippen LogP contribution in [0.25, 0.3) is 5.70 Å². The lowest BCUT2D eigenvalue weighted by Crippen LogP contribution is -2.36. The van der Waals surface area contributed by atoms with Crippen LogP contribution in [0.15, 0.2) is 29.3 Å². The van der Waals surface area contributed by atoms with Crippen molar-refractivity contribution in [3.63, 3.8) is 0 Å². The van der Waals surface area contributed by atoms with E-state index in [-0.39, 0.29) is 12.3 Å². The zero-order valence-electron chi connectivity index (χ0n) is 15.4. The third kappa shape index (κ3) is 3.93. The van der Waals surface area contributed by atoms with Crippen LogP contribution in [-0.2, 0) is 20.6 Å². The Morgan fingerprint density at radius 3 is 3.07 bits per heavy atom. The highest BCUT2D eigenvalue weighted by molar-refractivity contribution is 5.81. The minimum absolute atomic E-state index is 0.00313. The summed E-state index contributed by atoms with van der Waals surface area (Å²) in [6.07, 6.45) is 7.27. The summed E-state index contributed by atoms with van der Waals surface area (Å²) >= 11 is 0. The lowest BCUT2D eigenvalue weighted by Gasteiger charge is -2.34. The van der Waals surface area contributed by atoms with Gasteiger partial charge >= 0.3 is 0 Å². The Bertz CT molecular complexity index is 826. The van der Waals surface area contributed by atoms with Crippen molar-refractivity contribution in [3.8, 4) is 11.8 Å². The van der Waals surface area contributed by atoms with Crippen LogP contribution in [-0.4, -0.2) is 56.5 Å². The smallest absolute Gasteiger partial charge is 0.171 e. The predicted octanol–water partition coefficient (Wildman–Crippen LogP) is 2.45. The summed E-state index contributed by atoms with van der Waals surface area (Å²) in [5.41, 5.74) is 4.92. The molecule has 1 aromatic carbocycles. The Labute approximate surface area is 160 Å². The molecule has 140 valence electrons. The van der Waals surface area contributed by atoms with E-state index in [0.29, 0.717) is 32.3 Å². The average Bonchev–Trinajstić information content (AvgIpc) is 3.55. The second-order valence-electron chi connectivity index (χ2n) is 7.47. The van der Waals surface area contributed by atoms with Gasteiger partial charge in [-0.3, -0.25) is 0 Å². The normalized spacial score (nSPS) is 26.5. The molecule has 5 rings (SSSR count). The number of nitrogens with zero attached hydrogens (tertiary/aromatic N) is 2. The van der Waals surface area contributed by atoms with E-state index >= 15 is 0 Å². The first-order valence-electron chi connectivity index (χ1n) is 9.83. The molecule has 1 aliphatic carbocycles. The Balaban J connectivity index is 1.31. The minimum atomic E-state index is -0.276. The number of ether oxygens (including phenoxy) is 3. The number of hydrogen-bond donors (Lipinski definition) is 0. The second-order valence-corrected chi connectivity index (χ2v) is 7.47. The monoisotopic (exact) mass is 364 g/mol. The molecule has 0 radical (unpaired) electrons. The van der Waals surface area contributed by atoms with Crippen molar-refractivity contribution < 1.29 is 14.2 Å². The molecule has 0 spiro atoms. The molecule has 2 fully saturated rings. The molecule has 0 N–H and O–H groups in total. The van der Waals surface area contributed by atoms with Crippen LogP contribution in [0.2, 0.25) is 0 Å². The Hall–Kier alpha value is -2.13. The van der Waals surface area contributed by atoms with Crippen molar-refractivity contribution in [2.75, 3.05) is 33.0 Å². The number of benzene rings is 1. The van der Waals surface area contributed by atoms with E-state index in [1.165, 1.54) is 29.7 Å². The maximum atomic E-state index is 5.95. The number of hydrogen-bond acceptors (Lipinski definition) is 5. The van der Waals surface area contributed by atoms with Gasteiger partial charge in [0.15, 0.2) is 6.23 Å². The molecule has 1 unspecified atom stereocenters. The van der Waals surface area contributed by atoms with E-state index in [1.807, 2.05) is 6.34 Å². The molecule has 1 saturated heterocycles. The van der Waals surface area contributed by atoms with Gasteiger partial charge in [-0.2, -0.15) is 0 Å². The first kappa shape index (κ1) is 17.0. The van der Waals surface area contributed by atoms with Gasteiger partial charge in [-0.1, -0.05) is 17.9 Å². The molecule has 1 saturated carbocycles. The van der Waals surface area contributed by atoms with E-state index < -0.39 is 0 Å². The van der Waals surface area contributed by atoms with Crippen LogP contribution in [0.3, 0.4) is 0 Å². The van der Waals surface area contributed by atoms with E-state index in [4.69, 9.17) is 14.2 Å². The van der Waals surface area contributed by atoms with Gasteiger partial charge in [-0.05, 0) is 43.0 Å². The van der Waals surface area contributed by atoms with Gasteiger partial charge in [0.05, 0.1) is 32.8 Å².